The van der Waals surface area contributed by atoms with Gasteiger partial charge in [-0.15, -0.1) is 0 Å². The molecule has 2 aromatic rings. The predicted octanol–water partition coefficient (Wildman–Crippen LogP) is 7.37. The smallest absolute Gasteiger partial charge is 0.415 e. The van der Waals surface area contributed by atoms with Crippen LogP contribution in [-0.4, -0.2) is 91.4 Å². The maximum Gasteiger partial charge on any atom is 0.415 e. The van der Waals surface area contributed by atoms with Crippen LogP contribution in [0.25, 0.3) is 10.5 Å². The molecule has 2 fully saturated rings. The number of aromatic amines is 1. The lowest BCUT2D eigenvalue weighted by Gasteiger charge is -2.50. The molecule has 1 amide bonds. The van der Waals surface area contributed by atoms with Crippen molar-refractivity contribution in [2.75, 3.05) is 47.6 Å². The Morgan fingerprint density at radius 3 is 2.02 bits per heavy atom. The molecule has 5 unspecified atom stereocenters. The summed E-state index contributed by atoms with van der Waals surface area (Å²) < 4.78 is 19.7. The van der Waals surface area contributed by atoms with Gasteiger partial charge < -0.3 is 19.1 Å². The van der Waals surface area contributed by atoms with Gasteiger partial charge in [0.1, 0.15) is 17.5 Å². The highest BCUT2D eigenvalue weighted by Gasteiger charge is 2.48. The van der Waals surface area contributed by atoms with Gasteiger partial charge >= 0.3 is 12.1 Å². The number of H-pyrrole nitrogens is 1. The highest BCUT2D eigenvalue weighted by molar-refractivity contribution is 6.05. The zero-order valence-corrected chi connectivity index (χ0v) is 32.4. The number of nitrogens with zero attached hydrogens (tertiary/aromatic N) is 4. The van der Waals surface area contributed by atoms with Crippen molar-refractivity contribution in [3.63, 3.8) is 0 Å². The highest BCUT2D eigenvalue weighted by Crippen LogP contribution is 2.50. The first-order valence-electron chi connectivity index (χ1n) is 18.1. The number of ether oxygens (including phenoxy) is 3. The van der Waals surface area contributed by atoms with E-state index >= 15 is 0 Å². The molecule has 2 aliphatic rings. The lowest BCUT2D eigenvalue weighted by molar-refractivity contribution is -0.278. The van der Waals surface area contributed by atoms with Crippen molar-refractivity contribution in [2.45, 2.75) is 106 Å². The summed E-state index contributed by atoms with van der Waals surface area (Å²) in [6.45, 7) is 26.1. The van der Waals surface area contributed by atoms with Crippen molar-refractivity contribution >= 4 is 23.4 Å². The van der Waals surface area contributed by atoms with E-state index in [1.807, 2.05) is 0 Å². The Morgan fingerprint density at radius 1 is 0.941 bits per heavy atom. The largest absolute Gasteiger partial charge is 0.459 e. The Labute approximate surface area is 302 Å². The van der Waals surface area contributed by atoms with E-state index in [1.165, 1.54) is 23.6 Å². The number of hydrogen-bond acceptors (Lipinski definition) is 10. The fourth-order valence-corrected chi connectivity index (χ4v) is 7.98. The molecule has 2 heterocycles. The second-order valence-corrected chi connectivity index (χ2v) is 16.4. The molecule has 14 heteroatoms. The molecule has 0 saturated heterocycles. The van der Waals surface area contributed by atoms with Gasteiger partial charge in [0, 0.05) is 24.9 Å². The van der Waals surface area contributed by atoms with Crippen molar-refractivity contribution in [2.24, 2.45) is 34.5 Å². The lowest BCUT2D eigenvalue weighted by atomic mass is 9.59. The normalized spacial score (nSPS) is 25.8. The van der Waals surface area contributed by atoms with Crippen LogP contribution in [0.3, 0.4) is 0 Å². The van der Waals surface area contributed by atoms with E-state index < -0.39 is 18.2 Å². The van der Waals surface area contributed by atoms with E-state index in [-0.39, 0.29) is 89.7 Å². The molecule has 2 aliphatic carbocycles. The Morgan fingerprint density at radius 2 is 1.53 bits per heavy atom. The van der Waals surface area contributed by atoms with Crippen LogP contribution in [0, 0.1) is 41.1 Å². The molecule has 0 radical (unpaired) electrons. The van der Waals surface area contributed by atoms with Crippen LogP contribution in [0.4, 0.5) is 10.5 Å². The first kappa shape index (κ1) is 40.5. The summed E-state index contributed by atoms with van der Waals surface area (Å²) in [6.07, 6.45) is 3.29. The van der Waals surface area contributed by atoms with Crippen LogP contribution in [-0.2, 0) is 29.0 Å². The molecule has 4 rings (SSSR count). The topological polar surface area (TPSA) is 139 Å². The minimum absolute atomic E-state index is 0.0233. The number of nitrogens with one attached hydrogen (secondary N) is 1. The molecule has 0 bridgehead atoms. The number of aromatic nitrogens is 3. The molecule has 14 nitrogen and oxygen atoms in total. The van der Waals surface area contributed by atoms with Crippen LogP contribution in [0.2, 0.25) is 0 Å². The minimum atomic E-state index is -0.786. The Hall–Kier alpha value is -3.22. The lowest BCUT2D eigenvalue weighted by Crippen LogP contribution is -2.49. The average molecular weight is 718 g/mol. The maximum absolute atomic E-state index is 14.6. The van der Waals surface area contributed by atoms with E-state index in [4.69, 9.17) is 45.3 Å². The van der Waals surface area contributed by atoms with Gasteiger partial charge in [0.25, 0.3) is 5.69 Å². The number of esters is 1. The second kappa shape index (κ2) is 17.1. The summed E-state index contributed by atoms with van der Waals surface area (Å²) in [5.41, 5.74) is -0.263. The third-order valence-electron chi connectivity index (χ3n) is 10.8. The van der Waals surface area contributed by atoms with E-state index in [9.17, 15) is 9.59 Å². The molecule has 2 saturated carbocycles. The monoisotopic (exact) mass is 717 g/mol. The van der Waals surface area contributed by atoms with Crippen LogP contribution < -0.4 is 4.74 Å². The molecule has 286 valence electrons. The molecule has 1 N–H and O–H groups in total. The maximum atomic E-state index is 14.6. The van der Waals surface area contributed by atoms with Crippen LogP contribution in [0.5, 0.6) is 5.88 Å². The number of amides is 1. The van der Waals surface area contributed by atoms with Crippen LogP contribution in [0.15, 0.2) is 0 Å². The summed E-state index contributed by atoms with van der Waals surface area (Å²) in [5.74, 6) is 0.813. The highest BCUT2D eigenvalue weighted by atomic mass is 17.2. The van der Waals surface area contributed by atoms with Gasteiger partial charge in [0.2, 0.25) is 5.88 Å². The SMILES string of the molecule is [C-]#[N+]c1c(C(=O)OC2C(C(C)(C)C)CC(C)CC2C(C)(C)C)c2nc(C3CCC(OC)C(C)C3)[nH]n2c1OC(=O)N(CCOOC)CCOOC. The van der Waals surface area contributed by atoms with E-state index in [0.717, 1.165) is 32.1 Å². The van der Waals surface area contributed by atoms with E-state index in [2.05, 4.69) is 65.3 Å². The molecular weight excluding hydrogens is 658 g/mol. The summed E-state index contributed by atoms with van der Waals surface area (Å²) in [6, 6.07) is 0. The summed E-state index contributed by atoms with van der Waals surface area (Å²) in [7, 11) is 4.48. The first-order valence-corrected chi connectivity index (χ1v) is 18.1. The molecule has 0 spiro atoms. The van der Waals surface area contributed by atoms with Crippen LogP contribution >= 0.6 is 0 Å². The second-order valence-electron chi connectivity index (χ2n) is 16.4. The predicted molar refractivity (Wildman–Crippen MR) is 189 cm³/mol. The van der Waals surface area contributed by atoms with Gasteiger partial charge in [-0.05, 0) is 54.8 Å². The Balaban J connectivity index is 1.80. The number of hydrogen-bond donors (Lipinski definition) is 1. The standard InChI is InChI=1S/C37H59N5O9/c1-22-19-25(36(3,4)5)30(26(20-22)37(6,7)8)50-34(43)28-29(38-9)33(51-35(44)41(15-17-48-46-11)16-18-49-47-12)42-32(28)39-31(40-42)24-13-14-27(45-10)23(2)21-24/h22-27,30H,13-21H2,1-8,10-12H3,(H,39,40). The Kier molecular flexibility index (Phi) is 13.6. The van der Waals surface area contributed by atoms with Crippen molar-refractivity contribution in [3.8, 4) is 5.88 Å². The molecule has 0 aromatic carbocycles. The van der Waals surface area contributed by atoms with Crippen LogP contribution in [0.1, 0.15) is 110 Å². The zero-order valence-electron chi connectivity index (χ0n) is 32.4. The minimum Gasteiger partial charge on any atom is -0.459 e. The van der Waals surface area contributed by atoms with Gasteiger partial charge in [-0.1, -0.05) is 55.4 Å². The molecule has 5 atom stereocenters. The average Bonchev–Trinajstić information content (AvgIpc) is 3.61. The fourth-order valence-electron chi connectivity index (χ4n) is 7.98. The van der Waals surface area contributed by atoms with Gasteiger partial charge in [0.15, 0.2) is 5.65 Å². The zero-order chi connectivity index (χ0) is 37.7. The molecule has 0 aliphatic heterocycles. The quantitative estimate of drug-likeness (QED) is 0.0735. The number of fused-ring (bicyclic) bond motifs is 1. The molecule has 51 heavy (non-hydrogen) atoms. The third-order valence-corrected chi connectivity index (χ3v) is 10.8. The number of rotatable bonds is 13. The Bertz CT molecular complexity index is 1480. The van der Waals surface area contributed by atoms with Gasteiger partial charge in [-0.3, -0.25) is 5.10 Å². The van der Waals surface area contributed by atoms with Gasteiger partial charge in [-0.25, -0.2) is 43.5 Å². The first-order chi connectivity index (χ1) is 24.0. The number of carbonyl (C=O) groups excluding carboxylic acids is 2. The molecule has 2 aromatic heterocycles. The molecular formula is C37H59N5O9. The summed E-state index contributed by atoms with van der Waals surface area (Å²) >= 11 is 0. The van der Waals surface area contributed by atoms with E-state index in [0.29, 0.717) is 11.7 Å². The van der Waals surface area contributed by atoms with Crippen molar-refractivity contribution in [1.82, 2.24) is 19.5 Å². The number of methoxy groups -OCH3 is 1. The fraction of sp³-hybridized carbons (Fsp3) is 0.784. The summed E-state index contributed by atoms with van der Waals surface area (Å²) in [4.78, 5) is 57.7. The van der Waals surface area contributed by atoms with Crippen molar-refractivity contribution < 1.29 is 43.3 Å². The number of carbonyl (C=O) groups is 2. The summed E-state index contributed by atoms with van der Waals surface area (Å²) in [5, 5.41) is 3.29. The van der Waals surface area contributed by atoms with Gasteiger partial charge in [-0.2, -0.15) is 0 Å². The van der Waals surface area contributed by atoms with Gasteiger partial charge in [0.05, 0.1) is 53.2 Å². The van der Waals surface area contributed by atoms with Crippen molar-refractivity contribution in [3.05, 3.63) is 22.8 Å². The van der Waals surface area contributed by atoms with E-state index in [1.54, 1.807) is 7.11 Å². The third kappa shape index (κ3) is 9.42. The van der Waals surface area contributed by atoms with Crippen molar-refractivity contribution in [1.29, 1.82) is 0 Å².